The highest BCUT2D eigenvalue weighted by atomic mass is 79.9. The summed E-state index contributed by atoms with van der Waals surface area (Å²) in [6.07, 6.45) is 0. The Hall–Kier alpha value is -1.67. The first-order valence-electron chi connectivity index (χ1n) is 6.72. The highest BCUT2D eigenvalue weighted by molar-refractivity contribution is 9.11. The molecular formula is C15H16Br2N4O2. The third-order valence-electron chi connectivity index (χ3n) is 3.06. The molecule has 122 valence electrons. The summed E-state index contributed by atoms with van der Waals surface area (Å²) in [5, 5.41) is 0. The Morgan fingerprint density at radius 2 is 2.00 bits per heavy atom. The van der Waals surface area contributed by atoms with Gasteiger partial charge in [0.25, 0.3) is 5.91 Å². The number of carbonyl (C=O) groups excluding carboxylic acids is 1. The van der Waals surface area contributed by atoms with Crippen molar-refractivity contribution in [2.75, 3.05) is 19.8 Å². The molecule has 0 saturated heterocycles. The Morgan fingerprint density at radius 1 is 1.30 bits per heavy atom. The molecule has 0 spiro atoms. The van der Waals surface area contributed by atoms with Gasteiger partial charge in [0.05, 0.1) is 21.4 Å². The first kappa shape index (κ1) is 17.7. The van der Waals surface area contributed by atoms with Crippen LogP contribution in [0.2, 0.25) is 0 Å². The van der Waals surface area contributed by atoms with E-state index in [1.54, 1.807) is 21.0 Å². The zero-order chi connectivity index (χ0) is 17.1. The largest absolute Gasteiger partial charge is 0.486 e. The number of amides is 1. The van der Waals surface area contributed by atoms with E-state index in [0.29, 0.717) is 22.7 Å². The van der Waals surface area contributed by atoms with Gasteiger partial charge in [-0.15, -0.1) is 0 Å². The molecule has 1 aromatic carbocycles. The number of anilines is 1. The number of carbonyl (C=O) groups is 1. The van der Waals surface area contributed by atoms with Gasteiger partial charge in [0.2, 0.25) is 5.95 Å². The topological polar surface area (TPSA) is 81.3 Å². The predicted molar refractivity (Wildman–Crippen MR) is 95.4 cm³/mol. The van der Waals surface area contributed by atoms with E-state index in [1.807, 2.05) is 18.2 Å². The van der Waals surface area contributed by atoms with Crippen LogP contribution in [0.5, 0.6) is 5.75 Å². The fraction of sp³-hybridized carbons (Fsp3) is 0.267. The molecule has 0 radical (unpaired) electrons. The molecule has 1 aromatic heterocycles. The van der Waals surface area contributed by atoms with Crippen molar-refractivity contribution >= 4 is 43.7 Å². The second kappa shape index (κ2) is 7.27. The van der Waals surface area contributed by atoms with E-state index in [9.17, 15) is 4.79 Å². The SMILES string of the molecule is Cc1nc(N)nc(COc2ccc(Br)cc2Br)c1C(=O)N(C)C. The minimum absolute atomic E-state index is 0.114. The molecule has 0 atom stereocenters. The molecular weight excluding hydrogens is 428 g/mol. The maximum absolute atomic E-state index is 12.4. The van der Waals surface area contributed by atoms with Crippen LogP contribution < -0.4 is 10.5 Å². The quantitative estimate of drug-likeness (QED) is 0.784. The lowest BCUT2D eigenvalue weighted by molar-refractivity contribution is 0.0823. The van der Waals surface area contributed by atoms with Gasteiger partial charge >= 0.3 is 0 Å². The average Bonchev–Trinajstić information content (AvgIpc) is 2.45. The van der Waals surface area contributed by atoms with Crippen LogP contribution in [0, 0.1) is 6.92 Å². The van der Waals surface area contributed by atoms with Crippen molar-refractivity contribution in [3.05, 3.63) is 44.1 Å². The van der Waals surface area contributed by atoms with Crippen molar-refractivity contribution < 1.29 is 9.53 Å². The lowest BCUT2D eigenvalue weighted by Crippen LogP contribution is -2.26. The molecule has 2 aromatic rings. The summed E-state index contributed by atoms with van der Waals surface area (Å²) >= 11 is 6.82. The number of hydrogen-bond donors (Lipinski definition) is 1. The Balaban J connectivity index is 2.33. The van der Waals surface area contributed by atoms with Crippen LogP contribution in [0.1, 0.15) is 21.7 Å². The summed E-state index contributed by atoms with van der Waals surface area (Å²) in [4.78, 5) is 22.1. The second-order valence-electron chi connectivity index (χ2n) is 5.05. The van der Waals surface area contributed by atoms with Gasteiger partial charge in [-0.1, -0.05) is 15.9 Å². The number of benzene rings is 1. The monoisotopic (exact) mass is 442 g/mol. The van der Waals surface area contributed by atoms with Gasteiger partial charge in [-0.25, -0.2) is 9.97 Å². The number of halogens is 2. The standard InChI is InChI=1S/C15H16Br2N4O2/c1-8-13(14(22)21(2)3)11(20-15(18)19-8)7-23-12-5-4-9(16)6-10(12)17/h4-6H,7H2,1-3H3,(H2,18,19,20). The molecule has 0 fully saturated rings. The zero-order valence-corrected chi connectivity index (χ0v) is 16.1. The van der Waals surface area contributed by atoms with Crippen molar-refractivity contribution in [2.45, 2.75) is 13.5 Å². The van der Waals surface area contributed by atoms with Crippen LogP contribution in [0.25, 0.3) is 0 Å². The molecule has 6 nitrogen and oxygen atoms in total. The number of nitrogens with zero attached hydrogens (tertiary/aromatic N) is 3. The van der Waals surface area contributed by atoms with Gasteiger partial charge in [-0.2, -0.15) is 0 Å². The molecule has 8 heteroatoms. The number of ether oxygens (including phenoxy) is 1. The maximum atomic E-state index is 12.4. The third-order valence-corrected chi connectivity index (χ3v) is 4.17. The number of nitrogen functional groups attached to an aromatic ring is 1. The first-order valence-corrected chi connectivity index (χ1v) is 8.30. The number of rotatable bonds is 4. The molecule has 2 rings (SSSR count). The van der Waals surface area contributed by atoms with Gasteiger partial charge in [-0.05, 0) is 41.1 Å². The maximum Gasteiger partial charge on any atom is 0.257 e. The summed E-state index contributed by atoms with van der Waals surface area (Å²) < 4.78 is 7.50. The van der Waals surface area contributed by atoms with Crippen LogP contribution in [-0.2, 0) is 6.61 Å². The van der Waals surface area contributed by atoms with Gasteiger partial charge in [0.15, 0.2) is 0 Å². The summed E-state index contributed by atoms with van der Waals surface area (Å²) in [7, 11) is 3.35. The first-order chi connectivity index (χ1) is 10.8. The van der Waals surface area contributed by atoms with E-state index in [0.717, 1.165) is 8.95 Å². The number of aryl methyl sites for hydroxylation is 1. The zero-order valence-electron chi connectivity index (χ0n) is 12.9. The minimum atomic E-state index is -0.184. The van der Waals surface area contributed by atoms with Gasteiger partial charge in [-0.3, -0.25) is 4.79 Å². The van der Waals surface area contributed by atoms with Crippen LogP contribution >= 0.6 is 31.9 Å². The minimum Gasteiger partial charge on any atom is -0.486 e. The molecule has 0 aliphatic rings. The van der Waals surface area contributed by atoms with E-state index < -0.39 is 0 Å². The molecule has 2 N–H and O–H groups in total. The van der Waals surface area contributed by atoms with Crippen molar-refractivity contribution in [3.8, 4) is 5.75 Å². The van der Waals surface area contributed by atoms with E-state index in [4.69, 9.17) is 10.5 Å². The average molecular weight is 444 g/mol. The van der Waals surface area contributed by atoms with Crippen molar-refractivity contribution in [3.63, 3.8) is 0 Å². The smallest absolute Gasteiger partial charge is 0.257 e. The number of hydrogen-bond acceptors (Lipinski definition) is 5. The third kappa shape index (κ3) is 4.20. The fourth-order valence-corrected chi connectivity index (χ4v) is 3.16. The van der Waals surface area contributed by atoms with Crippen molar-refractivity contribution in [1.29, 1.82) is 0 Å². The van der Waals surface area contributed by atoms with Crippen LogP contribution in [0.15, 0.2) is 27.1 Å². The Bertz CT molecular complexity index is 750. The molecule has 1 amide bonds. The summed E-state index contributed by atoms with van der Waals surface area (Å²) in [6, 6.07) is 5.56. The molecule has 0 saturated carbocycles. The normalized spacial score (nSPS) is 10.5. The van der Waals surface area contributed by atoms with E-state index in [2.05, 4.69) is 41.8 Å². The Labute approximate surface area is 151 Å². The summed E-state index contributed by atoms with van der Waals surface area (Å²) in [5.41, 5.74) is 7.11. The summed E-state index contributed by atoms with van der Waals surface area (Å²) in [6.45, 7) is 1.84. The molecule has 0 aliphatic carbocycles. The van der Waals surface area contributed by atoms with E-state index >= 15 is 0 Å². The number of aromatic nitrogens is 2. The van der Waals surface area contributed by atoms with Crippen molar-refractivity contribution in [2.24, 2.45) is 0 Å². The number of nitrogens with two attached hydrogens (primary N) is 1. The Kier molecular flexibility index (Phi) is 5.59. The van der Waals surface area contributed by atoms with E-state index in [-0.39, 0.29) is 18.5 Å². The molecule has 0 bridgehead atoms. The van der Waals surface area contributed by atoms with Crippen LogP contribution in [0.3, 0.4) is 0 Å². The lowest BCUT2D eigenvalue weighted by Gasteiger charge is -2.16. The van der Waals surface area contributed by atoms with Gasteiger partial charge < -0.3 is 15.4 Å². The lowest BCUT2D eigenvalue weighted by atomic mass is 10.1. The van der Waals surface area contributed by atoms with E-state index in [1.165, 1.54) is 4.90 Å². The van der Waals surface area contributed by atoms with Crippen molar-refractivity contribution in [1.82, 2.24) is 14.9 Å². The molecule has 0 aliphatic heterocycles. The Morgan fingerprint density at radius 3 is 2.61 bits per heavy atom. The van der Waals surface area contributed by atoms with Crippen LogP contribution in [0.4, 0.5) is 5.95 Å². The predicted octanol–water partition coefficient (Wildman–Crippen LogP) is 3.17. The fourth-order valence-electron chi connectivity index (χ4n) is 2.00. The second-order valence-corrected chi connectivity index (χ2v) is 6.82. The summed E-state index contributed by atoms with van der Waals surface area (Å²) in [5.74, 6) is 0.577. The highest BCUT2D eigenvalue weighted by Gasteiger charge is 2.20. The van der Waals surface area contributed by atoms with Gasteiger partial charge in [0.1, 0.15) is 12.4 Å². The molecule has 1 heterocycles. The highest BCUT2D eigenvalue weighted by Crippen LogP contribution is 2.29. The molecule has 23 heavy (non-hydrogen) atoms. The van der Waals surface area contributed by atoms with Gasteiger partial charge in [0, 0.05) is 18.6 Å². The van der Waals surface area contributed by atoms with Crippen LogP contribution in [-0.4, -0.2) is 34.9 Å². The molecule has 0 unspecified atom stereocenters.